The van der Waals surface area contributed by atoms with Crippen LogP contribution in [0.3, 0.4) is 0 Å². The molecule has 30 heavy (non-hydrogen) atoms. The van der Waals surface area contributed by atoms with Gasteiger partial charge in [-0.05, 0) is 62.4 Å². The normalized spacial score (nSPS) is 12.3. The molecule has 3 aromatic carbocycles. The fraction of sp³-hybridized carbons (Fsp3) is 0.125. The van der Waals surface area contributed by atoms with Gasteiger partial charge in [0.25, 0.3) is 0 Å². The highest BCUT2D eigenvalue weighted by molar-refractivity contribution is 7.91. The Morgan fingerprint density at radius 1 is 0.933 bits per heavy atom. The van der Waals surface area contributed by atoms with Crippen molar-refractivity contribution in [3.63, 3.8) is 0 Å². The summed E-state index contributed by atoms with van der Waals surface area (Å²) in [4.78, 5) is 4.72. The first-order valence-electron chi connectivity index (χ1n) is 9.59. The van der Waals surface area contributed by atoms with E-state index >= 15 is 0 Å². The molecule has 0 aliphatic rings. The van der Waals surface area contributed by atoms with Crippen LogP contribution in [0.15, 0.2) is 98.1 Å². The molecule has 0 spiro atoms. The third-order valence-corrected chi connectivity index (χ3v) is 6.39. The molecule has 0 N–H and O–H groups in total. The van der Waals surface area contributed by atoms with E-state index in [0.717, 1.165) is 11.3 Å². The van der Waals surface area contributed by atoms with Crippen LogP contribution >= 0.6 is 0 Å². The first-order valence-corrected chi connectivity index (χ1v) is 11.1. The summed E-state index contributed by atoms with van der Waals surface area (Å²) in [5.41, 5.74) is 2.15. The van der Waals surface area contributed by atoms with Gasteiger partial charge in [-0.1, -0.05) is 35.9 Å². The average Bonchev–Trinajstić information content (AvgIpc) is 2.75. The van der Waals surface area contributed by atoms with Crippen LogP contribution in [0.5, 0.6) is 5.75 Å². The van der Waals surface area contributed by atoms with Gasteiger partial charge in [0.1, 0.15) is 16.2 Å². The van der Waals surface area contributed by atoms with Gasteiger partial charge in [0.15, 0.2) is 0 Å². The highest BCUT2D eigenvalue weighted by atomic mass is 32.2. The molecule has 5 nitrogen and oxygen atoms in total. The molecule has 0 aliphatic carbocycles. The maximum Gasteiger partial charge on any atom is 0.239 e. The second kappa shape index (κ2) is 8.16. The van der Waals surface area contributed by atoms with Gasteiger partial charge >= 0.3 is 0 Å². The molecule has 4 aromatic rings. The molecule has 0 saturated heterocycles. The molecule has 0 aliphatic heterocycles. The Balaban J connectivity index is 1.93. The zero-order valence-corrected chi connectivity index (χ0v) is 17.5. The standard InChI is InChI=1S/C24H21NO4S/c1-3-28-20-12-10-19(11-13-20)25-24-23(16-18-6-4-5-7-22(18)29-24)30(26,27)21-14-8-17(2)9-15-21/h4-16H,3H2,1-2H3. The van der Waals surface area contributed by atoms with Crippen LogP contribution in [-0.2, 0) is 9.84 Å². The van der Waals surface area contributed by atoms with E-state index in [1.807, 2.05) is 32.0 Å². The summed E-state index contributed by atoms with van der Waals surface area (Å²) in [5.74, 6) is 0.722. The van der Waals surface area contributed by atoms with Crippen LogP contribution in [-0.4, -0.2) is 15.0 Å². The number of hydrogen-bond acceptors (Lipinski definition) is 5. The molecule has 6 heteroatoms. The molecule has 4 rings (SSSR count). The molecule has 0 amide bonds. The summed E-state index contributed by atoms with van der Waals surface area (Å²) < 4.78 is 38.2. The fourth-order valence-electron chi connectivity index (χ4n) is 3.07. The van der Waals surface area contributed by atoms with E-state index in [0.29, 0.717) is 23.3 Å². The largest absolute Gasteiger partial charge is 0.494 e. The molecule has 1 heterocycles. The SMILES string of the molecule is CCOc1ccc(N=c2oc3ccccc3cc2S(=O)(=O)c2ccc(C)cc2)cc1. The lowest BCUT2D eigenvalue weighted by atomic mass is 10.2. The summed E-state index contributed by atoms with van der Waals surface area (Å²) in [6.07, 6.45) is 0. The number of fused-ring (bicyclic) bond motifs is 1. The van der Waals surface area contributed by atoms with E-state index in [4.69, 9.17) is 9.15 Å². The van der Waals surface area contributed by atoms with Crippen LogP contribution < -0.4 is 10.3 Å². The van der Waals surface area contributed by atoms with Gasteiger partial charge in [0.2, 0.25) is 15.4 Å². The molecule has 0 atom stereocenters. The second-order valence-electron chi connectivity index (χ2n) is 6.81. The number of para-hydroxylation sites is 1. The van der Waals surface area contributed by atoms with Gasteiger partial charge in [-0.2, -0.15) is 0 Å². The number of nitrogens with zero attached hydrogens (tertiary/aromatic N) is 1. The van der Waals surface area contributed by atoms with E-state index in [1.54, 1.807) is 60.7 Å². The van der Waals surface area contributed by atoms with Crippen LogP contribution in [0.4, 0.5) is 5.69 Å². The summed E-state index contributed by atoms with van der Waals surface area (Å²) >= 11 is 0. The Morgan fingerprint density at radius 2 is 1.63 bits per heavy atom. The quantitative estimate of drug-likeness (QED) is 0.446. The Hall–Kier alpha value is -3.38. The van der Waals surface area contributed by atoms with Crippen molar-refractivity contribution in [2.24, 2.45) is 4.99 Å². The lowest BCUT2D eigenvalue weighted by Gasteiger charge is -2.07. The topological polar surface area (TPSA) is 68.9 Å². The lowest BCUT2D eigenvalue weighted by molar-refractivity contribution is 0.340. The van der Waals surface area contributed by atoms with Gasteiger partial charge in [-0.15, -0.1) is 0 Å². The highest BCUT2D eigenvalue weighted by Crippen LogP contribution is 2.24. The molecule has 0 bridgehead atoms. The van der Waals surface area contributed by atoms with Crippen molar-refractivity contribution in [1.29, 1.82) is 0 Å². The molecule has 0 fully saturated rings. The van der Waals surface area contributed by atoms with Gasteiger partial charge in [0.05, 0.1) is 17.2 Å². The van der Waals surface area contributed by atoms with Crippen LogP contribution in [0.2, 0.25) is 0 Å². The first-order chi connectivity index (χ1) is 14.5. The summed E-state index contributed by atoms with van der Waals surface area (Å²) in [6.45, 7) is 4.39. The third kappa shape index (κ3) is 4.00. The van der Waals surface area contributed by atoms with Crippen molar-refractivity contribution in [3.8, 4) is 5.75 Å². The van der Waals surface area contributed by atoms with Crippen LogP contribution in [0, 0.1) is 6.92 Å². The number of rotatable bonds is 5. The molecular formula is C24H21NO4S. The smallest absolute Gasteiger partial charge is 0.239 e. The van der Waals surface area contributed by atoms with Crippen molar-refractivity contribution in [3.05, 3.63) is 90.0 Å². The van der Waals surface area contributed by atoms with Crippen molar-refractivity contribution in [2.75, 3.05) is 6.61 Å². The zero-order valence-electron chi connectivity index (χ0n) is 16.7. The first kappa shape index (κ1) is 19.9. The lowest BCUT2D eigenvalue weighted by Crippen LogP contribution is -2.15. The summed E-state index contributed by atoms with van der Waals surface area (Å²) in [5, 5.41) is 0.689. The Labute approximate surface area is 175 Å². The van der Waals surface area contributed by atoms with Crippen LogP contribution in [0.1, 0.15) is 12.5 Å². The minimum absolute atomic E-state index is 0.0268. The number of benzene rings is 3. The van der Waals surface area contributed by atoms with Gasteiger partial charge in [0, 0.05) is 5.39 Å². The van der Waals surface area contributed by atoms with Crippen LogP contribution in [0.25, 0.3) is 11.0 Å². The monoisotopic (exact) mass is 419 g/mol. The number of sulfone groups is 1. The summed E-state index contributed by atoms with van der Waals surface area (Å²) in [6, 6.07) is 22.7. The number of aryl methyl sites for hydroxylation is 1. The second-order valence-corrected chi connectivity index (χ2v) is 8.73. The predicted molar refractivity (Wildman–Crippen MR) is 116 cm³/mol. The van der Waals surface area contributed by atoms with Gasteiger partial charge < -0.3 is 9.15 Å². The summed E-state index contributed by atoms with van der Waals surface area (Å²) in [7, 11) is -3.83. The molecule has 0 saturated carbocycles. The number of ether oxygens (including phenoxy) is 1. The molecule has 1 aromatic heterocycles. The number of hydrogen-bond donors (Lipinski definition) is 0. The Bertz CT molecular complexity index is 1350. The zero-order chi connectivity index (χ0) is 21.1. The molecule has 152 valence electrons. The van der Waals surface area contributed by atoms with Gasteiger partial charge in [-0.3, -0.25) is 0 Å². The van der Waals surface area contributed by atoms with Crippen molar-refractivity contribution >= 4 is 26.5 Å². The van der Waals surface area contributed by atoms with E-state index in [9.17, 15) is 8.42 Å². The maximum atomic E-state index is 13.4. The minimum atomic E-state index is -3.83. The predicted octanol–water partition coefficient (Wildman–Crippen LogP) is 5.21. The maximum absolute atomic E-state index is 13.4. The Kier molecular flexibility index (Phi) is 5.42. The van der Waals surface area contributed by atoms with E-state index in [1.165, 1.54) is 0 Å². The van der Waals surface area contributed by atoms with E-state index in [-0.39, 0.29) is 15.3 Å². The van der Waals surface area contributed by atoms with E-state index in [2.05, 4.69) is 4.99 Å². The average molecular weight is 420 g/mol. The highest BCUT2D eigenvalue weighted by Gasteiger charge is 2.22. The molecule has 0 unspecified atom stereocenters. The third-order valence-electron chi connectivity index (χ3n) is 4.62. The van der Waals surface area contributed by atoms with E-state index < -0.39 is 9.84 Å². The molecule has 0 radical (unpaired) electrons. The van der Waals surface area contributed by atoms with Crippen molar-refractivity contribution in [2.45, 2.75) is 23.6 Å². The van der Waals surface area contributed by atoms with Gasteiger partial charge in [-0.25, -0.2) is 13.4 Å². The van der Waals surface area contributed by atoms with Crippen molar-refractivity contribution < 1.29 is 17.6 Å². The van der Waals surface area contributed by atoms with Crippen molar-refractivity contribution in [1.82, 2.24) is 0 Å². The Morgan fingerprint density at radius 3 is 2.33 bits per heavy atom. The fourth-order valence-corrected chi connectivity index (χ4v) is 4.41. The minimum Gasteiger partial charge on any atom is -0.494 e. The molecular weight excluding hydrogens is 398 g/mol.